The number of ether oxygens (including phenoxy) is 1. The summed E-state index contributed by atoms with van der Waals surface area (Å²) >= 11 is 1.70. The molecule has 2 saturated carbocycles. The van der Waals surface area contributed by atoms with E-state index in [0.717, 1.165) is 36.2 Å². The second kappa shape index (κ2) is 7.40. The summed E-state index contributed by atoms with van der Waals surface area (Å²) in [5, 5.41) is 6.97. The Bertz CT molecular complexity index is 579. The van der Waals surface area contributed by atoms with E-state index in [4.69, 9.17) is 4.74 Å². The zero-order valence-corrected chi connectivity index (χ0v) is 16.2. The van der Waals surface area contributed by atoms with Gasteiger partial charge in [-0.2, -0.15) is 0 Å². The molecule has 6 heteroatoms. The Kier molecular flexibility index (Phi) is 5.45. The van der Waals surface area contributed by atoms with Crippen LogP contribution in [0.15, 0.2) is 10.4 Å². The second-order valence-electron chi connectivity index (χ2n) is 7.08. The summed E-state index contributed by atoms with van der Waals surface area (Å²) in [6.07, 6.45) is 6.73. The molecule has 2 atom stereocenters. The summed E-state index contributed by atoms with van der Waals surface area (Å²) in [4.78, 5) is 11.2. The summed E-state index contributed by atoms with van der Waals surface area (Å²) in [7, 11) is 3.95. The maximum absolute atomic E-state index is 6.02. The lowest BCUT2D eigenvalue weighted by Crippen LogP contribution is -2.65. The quantitative estimate of drug-likeness (QED) is 0.654. The number of nitrogens with zero attached hydrogens (tertiary/aromatic N) is 3. The smallest absolute Gasteiger partial charge is 0.193 e. The van der Waals surface area contributed by atoms with Gasteiger partial charge in [-0.1, -0.05) is 12.8 Å². The third kappa shape index (κ3) is 3.31. The average Bonchev–Trinajstić information content (AvgIpc) is 3.21. The van der Waals surface area contributed by atoms with E-state index in [-0.39, 0.29) is 0 Å². The summed E-state index contributed by atoms with van der Waals surface area (Å²) in [5.41, 5.74) is 1.43. The van der Waals surface area contributed by atoms with Crippen molar-refractivity contribution in [1.29, 1.82) is 0 Å². The molecule has 1 N–H and O–H groups in total. The van der Waals surface area contributed by atoms with Gasteiger partial charge in [0.05, 0.1) is 23.4 Å². The fraction of sp³-hybridized carbons (Fsp3) is 0.778. The molecule has 2 fully saturated rings. The Labute approximate surface area is 149 Å². The Balaban J connectivity index is 1.63. The monoisotopic (exact) mass is 350 g/mol. The zero-order valence-electron chi connectivity index (χ0n) is 15.3. The summed E-state index contributed by atoms with van der Waals surface area (Å²) in [6, 6.07) is 0.481. The number of guanidine groups is 1. The van der Waals surface area contributed by atoms with E-state index in [2.05, 4.69) is 39.5 Å². The number of nitrogens with one attached hydrogen (secondary N) is 1. The summed E-state index contributed by atoms with van der Waals surface area (Å²) in [5.74, 6) is 0.965. The maximum Gasteiger partial charge on any atom is 0.193 e. The molecule has 0 radical (unpaired) electrons. The molecule has 1 heterocycles. The number of hydrogen-bond donors (Lipinski definition) is 1. The van der Waals surface area contributed by atoms with Crippen LogP contribution in [0.3, 0.4) is 0 Å². The predicted molar refractivity (Wildman–Crippen MR) is 99.5 cm³/mol. The van der Waals surface area contributed by atoms with E-state index < -0.39 is 0 Å². The fourth-order valence-electron chi connectivity index (χ4n) is 4.39. The van der Waals surface area contributed by atoms with Crippen LogP contribution in [0.4, 0.5) is 0 Å². The van der Waals surface area contributed by atoms with Crippen molar-refractivity contribution in [2.45, 2.75) is 64.6 Å². The van der Waals surface area contributed by atoms with Crippen LogP contribution in [-0.4, -0.2) is 48.7 Å². The molecule has 0 aliphatic heterocycles. The highest BCUT2D eigenvalue weighted by Crippen LogP contribution is 2.54. The molecule has 5 nitrogen and oxygen atoms in total. The molecule has 1 aromatic rings. The molecule has 0 aromatic carbocycles. The van der Waals surface area contributed by atoms with Gasteiger partial charge in [0.25, 0.3) is 0 Å². The maximum atomic E-state index is 6.02. The minimum absolute atomic E-state index is 0.323. The number of aliphatic imine (C=N–C) groups is 1. The summed E-state index contributed by atoms with van der Waals surface area (Å²) in [6.45, 7) is 5.76. The lowest BCUT2D eigenvalue weighted by atomic mass is 9.60. The molecule has 0 bridgehead atoms. The van der Waals surface area contributed by atoms with Crippen molar-refractivity contribution in [3.63, 3.8) is 0 Å². The van der Waals surface area contributed by atoms with Crippen LogP contribution in [0.1, 0.15) is 49.7 Å². The first-order valence-electron chi connectivity index (χ1n) is 9.06. The van der Waals surface area contributed by atoms with Gasteiger partial charge in [-0.3, -0.25) is 4.99 Å². The molecular formula is C18H30N4OS. The first kappa shape index (κ1) is 17.7. The molecule has 24 heavy (non-hydrogen) atoms. The highest BCUT2D eigenvalue weighted by Gasteiger charge is 2.57. The zero-order chi connectivity index (χ0) is 17.2. The topological polar surface area (TPSA) is 49.8 Å². The number of thiazole rings is 1. The molecular weight excluding hydrogens is 320 g/mol. The summed E-state index contributed by atoms with van der Waals surface area (Å²) < 4.78 is 6.02. The Morgan fingerprint density at radius 2 is 2.25 bits per heavy atom. The normalized spacial score (nSPS) is 25.8. The largest absolute Gasteiger partial charge is 0.378 e. The number of hydrogen-bond acceptors (Lipinski definition) is 4. The van der Waals surface area contributed by atoms with Crippen LogP contribution in [-0.2, 0) is 11.3 Å². The third-order valence-corrected chi connectivity index (χ3v) is 6.45. The van der Waals surface area contributed by atoms with Crippen molar-refractivity contribution in [3.05, 3.63) is 16.1 Å². The molecule has 0 saturated heterocycles. The van der Waals surface area contributed by atoms with Crippen LogP contribution in [0, 0.1) is 12.3 Å². The third-order valence-electron chi connectivity index (χ3n) is 5.63. The van der Waals surface area contributed by atoms with Crippen molar-refractivity contribution in [2.75, 3.05) is 20.7 Å². The van der Waals surface area contributed by atoms with E-state index in [1.807, 2.05) is 14.0 Å². The van der Waals surface area contributed by atoms with Crippen LogP contribution in [0.5, 0.6) is 0 Å². The predicted octanol–water partition coefficient (Wildman–Crippen LogP) is 3.20. The van der Waals surface area contributed by atoms with Gasteiger partial charge < -0.3 is 15.0 Å². The van der Waals surface area contributed by atoms with Gasteiger partial charge in [0.15, 0.2) is 5.96 Å². The van der Waals surface area contributed by atoms with Gasteiger partial charge >= 0.3 is 0 Å². The Morgan fingerprint density at radius 1 is 1.50 bits per heavy atom. The van der Waals surface area contributed by atoms with Crippen LogP contribution in [0.2, 0.25) is 0 Å². The van der Waals surface area contributed by atoms with E-state index in [1.165, 1.54) is 25.7 Å². The van der Waals surface area contributed by atoms with Crippen molar-refractivity contribution in [3.8, 4) is 0 Å². The van der Waals surface area contributed by atoms with Gasteiger partial charge in [-0.15, -0.1) is 11.3 Å². The molecule has 134 valence electrons. The molecule has 1 spiro atoms. The average molecular weight is 351 g/mol. The van der Waals surface area contributed by atoms with Gasteiger partial charge in [0.1, 0.15) is 0 Å². The van der Waals surface area contributed by atoms with Gasteiger partial charge in [0, 0.05) is 37.5 Å². The minimum atomic E-state index is 0.323. The first-order valence-corrected chi connectivity index (χ1v) is 9.94. The number of rotatable bonds is 5. The van der Waals surface area contributed by atoms with Gasteiger partial charge in [-0.25, -0.2) is 4.98 Å². The standard InChI is InChI=1S/C18H30N4OS/c1-5-23-16-10-15(18(16)8-6-7-9-18)21-17(19-3)22(4)11-14-12-24-13(2)20-14/h12,15-16H,5-11H2,1-4H3,(H,19,21). The SMILES string of the molecule is CCOC1CC(NC(=NC)N(C)Cc2csc(C)n2)C12CCCC2. The van der Waals surface area contributed by atoms with E-state index in [1.54, 1.807) is 11.3 Å². The van der Waals surface area contributed by atoms with Gasteiger partial charge in [0.2, 0.25) is 0 Å². The van der Waals surface area contributed by atoms with Gasteiger partial charge in [-0.05, 0) is 33.1 Å². The number of aryl methyl sites for hydroxylation is 1. The van der Waals surface area contributed by atoms with Crippen molar-refractivity contribution in [1.82, 2.24) is 15.2 Å². The molecule has 0 amide bonds. The minimum Gasteiger partial charge on any atom is -0.378 e. The molecule has 3 rings (SSSR count). The lowest BCUT2D eigenvalue weighted by molar-refractivity contribution is -0.126. The highest BCUT2D eigenvalue weighted by molar-refractivity contribution is 7.09. The molecule has 2 aliphatic rings. The Hall–Kier alpha value is -1.14. The highest BCUT2D eigenvalue weighted by atomic mass is 32.1. The van der Waals surface area contributed by atoms with Crippen molar-refractivity contribution < 1.29 is 4.74 Å². The molecule has 1 aromatic heterocycles. The van der Waals surface area contributed by atoms with E-state index in [9.17, 15) is 0 Å². The molecule has 2 aliphatic carbocycles. The molecule has 2 unspecified atom stereocenters. The lowest BCUT2D eigenvalue weighted by Gasteiger charge is -2.54. The number of aromatic nitrogens is 1. The van der Waals surface area contributed by atoms with Crippen LogP contribution in [0.25, 0.3) is 0 Å². The van der Waals surface area contributed by atoms with Crippen molar-refractivity contribution in [2.24, 2.45) is 10.4 Å². The second-order valence-corrected chi connectivity index (χ2v) is 8.14. The van der Waals surface area contributed by atoms with E-state index in [0.29, 0.717) is 17.6 Å². The van der Waals surface area contributed by atoms with Crippen LogP contribution < -0.4 is 5.32 Å². The van der Waals surface area contributed by atoms with Crippen LogP contribution >= 0.6 is 11.3 Å². The van der Waals surface area contributed by atoms with Crippen molar-refractivity contribution >= 4 is 17.3 Å². The first-order chi connectivity index (χ1) is 11.6. The van der Waals surface area contributed by atoms with E-state index >= 15 is 0 Å². The Morgan fingerprint density at radius 3 is 2.83 bits per heavy atom. The fourth-order valence-corrected chi connectivity index (χ4v) is 4.99.